The van der Waals surface area contributed by atoms with Gasteiger partial charge in [0.25, 0.3) is 0 Å². The number of piperidine rings is 1. The summed E-state index contributed by atoms with van der Waals surface area (Å²) in [5, 5.41) is 3.25. The summed E-state index contributed by atoms with van der Waals surface area (Å²) in [4.78, 5) is 23.2. The number of hydrogen-bond acceptors (Lipinski definition) is 4. The third-order valence-electron chi connectivity index (χ3n) is 5.66. The Balaban J connectivity index is 1.40. The van der Waals surface area contributed by atoms with Crippen molar-refractivity contribution in [2.75, 3.05) is 18.0 Å². The number of nitrogens with one attached hydrogen (secondary N) is 1. The molecule has 2 aliphatic rings. The Morgan fingerprint density at radius 2 is 1.83 bits per heavy atom. The molecule has 5 heteroatoms. The quantitative estimate of drug-likeness (QED) is 0.901. The number of aromatic nitrogens is 2. The highest BCUT2D eigenvalue weighted by Crippen LogP contribution is 2.31. The minimum atomic E-state index is 0.238. The lowest BCUT2D eigenvalue weighted by Crippen LogP contribution is -2.45. The Labute approximate surface area is 145 Å². The van der Waals surface area contributed by atoms with Gasteiger partial charge in [0.05, 0.1) is 0 Å². The number of carbonyl (C=O) groups excluding carboxylic acids is 1. The van der Waals surface area contributed by atoms with Crippen LogP contribution in [0.4, 0.5) is 5.95 Å². The highest BCUT2D eigenvalue weighted by molar-refractivity contribution is 5.76. The van der Waals surface area contributed by atoms with Gasteiger partial charge in [-0.2, -0.15) is 0 Å². The average Bonchev–Trinajstić information content (AvgIpc) is 2.64. The summed E-state index contributed by atoms with van der Waals surface area (Å²) >= 11 is 0. The van der Waals surface area contributed by atoms with E-state index in [-0.39, 0.29) is 5.91 Å². The molecular formula is C19H30N4O. The number of hydrogen-bond donors (Lipinski definition) is 1. The van der Waals surface area contributed by atoms with Gasteiger partial charge in [-0.05, 0) is 30.7 Å². The van der Waals surface area contributed by atoms with E-state index < -0.39 is 0 Å². The lowest BCUT2D eigenvalue weighted by Gasteiger charge is -2.33. The monoisotopic (exact) mass is 330 g/mol. The summed E-state index contributed by atoms with van der Waals surface area (Å²) in [5.41, 5.74) is 0. The van der Waals surface area contributed by atoms with Gasteiger partial charge in [0.15, 0.2) is 0 Å². The maximum absolute atomic E-state index is 12.4. The molecule has 1 aromatic heterocycles. The predicted molar refractivity (Wildman–Crippen MR) is 95.8 cm³/mol. The number of rotatable bonds is 5. The van der Waals surface area contributed by atoms with Crippen molar-refractivity contribution < 1.29 is 4.79 Å². The third-order valence-corrected chi connectivity index (χ3v) is 5.66. The van der Waals surface area contributed by atoms with Crippen LogP contribution in [0.2, 0.25) is 0 Å². The minimum absolute atomic E-state index is 0.238. The molecule has 24 heavy (non-hydrogen) atoms. The van der Waals surface area contributed by atoms with E-state index in [1.54, 1.807) is 12.4 Å². The summed E-state index contributed by atoms with van der Waals surface area (Å²) in [7, 11) is 0. The number of carbonyl (C=O) groups is 1. The summed E-state index contributed by atoms with van der Waals surface area (Å²) in [6.45, 7) is 4.07. The highest BCUT2D eigenvalue weighted by Gasteiger charge is 2.25. The molecule has 3 rings (SSSR count). The standard InChI is InChI=1S/C19H30N4O/c1-15(16-6-3-2-4-7-16)14-18(24)22-17-8-12-23(13-9-17)19-20-10-5-11-21-19/h5,10-11,15-17H,2-4,6-9,12-14H2,1H3,(H,22,24)/t15-/m1/s1. The van der Waals surface area contributed by atoms with Crippen molar-refractivity contribution in [3.63, 3.8) is 0 Å². The predicted octanol–water partition coefficient (Wildman–Crippen LogP) is 3.17. The second-order valence-electron chi connectivity index (χ2n) is 7.46. The molecule has 1 saturated carbocycles. The van der Waals surface area contributed by atoms with E-state index in [1.165, 1.54) is 32.1 Å². The van der Waals surface area contributed by atoms with Crippen LogP contribution in [-0.4, -0.2) is 35.0 Å². The molecule has 132 valence electrons. The van der Waals surface area contributed by atoms with Gasteiger partial charge in [-0.3, -0.25) is 4.79 Å². The van der Waals surface area contributed by atoms with E-state index in [2.05, 4.69) is 27.1 Å². The Morgan fingerprint density at radius 3 is 2.50 bits per heavy atom. The van der Waals surface area contributed by atoms with Crippen molar-refractivity contribution in [3.8, 4) is 0 Å². The molecule has 0 radical (unpaired) electrons. The van der Waals surface area contributed by atoms with E-state index in [1.807, 2.05) is 6.07 Å². The molecule has 0 aromatic carbocycles. The van der Waals surface area contributed by atoms with E-state index in [9.17, 15) is 4.79 Å². The lowest BCUT2D eigenvalue weighted by molar-refractivity contribution is -0.123. The normalized spacial score (nSPS) is 21.5. The van der Waals surface area contributed by atoms with Crippen LogP contribution in [0.25, 0.3) is 0 Å². The first-order valence-electron chi connectivity index (χ1n) is 9.53. The molecule has 0 bridgehead atoms. The van der Waals surface area contributed by atoms with Gasteiger partial charge in [0, 0.05) is 37.9 Å². The van der Waals surface area contributed by atoms with Gasteiger partial charge < -0.3 is 10.2 Å². The Bertz CT molecular complexity index is 507. The van der Waals surface area contributed by atoms with E-state index in [4.69, 9.17) is 0 Å². The zero-order chi connectivity index (χ0) is 16.8. The van der Waals surface area contributed by atoms with Gasteiger partial charge in [0.2, 0.25) is 11.9 Å². The van der Waals surface area contributed by atoms with Gasteiger partial charge in [-0.15, -0.1) is 0 Å². The summed E-state index contributed by atoms with van der Waals surface area (Å²) in [5.74, 6) is 2.31. The van der Waals surface area contributed by atoms with Gasteiger partial charge in [0.1, 0.15) is 0 Å². The van der Waals surface area contributed by atoms with Crippen LogP contribution in [-0.2, 0) is 4.79 Å². The molecule has 2 fully saturated rings. The van der Waals surface area contributed by atoms with Crippen LogP contribution < -0.4 is 10.2 Å². The first-order chi connectivity index (χ1) is 11.7. The van der Waals surface area contributed by atoms with Crippen molar-refractivity contribution in [2.24, 2.45) is 11.8 Å². The van der Waals surface area contributed by atoms with Crippen molar-refractivity contribution in [2.45, 2.75) is 64.3 Å². The fourth-order valence-corrected chi connectivity index (χ4v) is 4.13. The highest BCUT2D eigenvalue weighted by atomic mass is 16.1. The lowest BCUT2D eigenvalue weighted by atomic mass is 9.79. The topological polar surface area (TPSA) is 58.1 Å². The smallest absolute Gasteiger partial charge is 0.225 e. The van der Waals surface area contributed by atoms with E-state index >= 15 is 0 Å². The molecule has 1 atom stereocenters. The van der Waals surface area contributed by atoms with Crippen molar-refractivity contribution >= 4 is 11.9 Å². The van der Waals surface area contributed by atoms with Crippen molar-refractivity contribution in [1.29, 1.82) is 0 Å². The molecule has 1 N–H and O–H groups in total. The molecular weight excluding hydrogens is 300 g/mol. The van der Waals surface area contributed by atoms with Crippen molar-refractivity contribution in [3.05, 3.63) is 18.5 Å². The maximum atomic E-state index is 12.4. The fourth-order valence-electron chi connectivity index (χ4n) is 4.13. The molecule has 1 saturated heterocycles. The van der Waals surface area contributed by atoms with Gasteiger partial charge >= 0.3 is 0 Å². The zero-order valence-electron chi connectivity index (χ0n) is 14.8. The first-order valence-corrected chi connectivity index (χ1v) is 9.53. The Kier molecular flexibility index (Phi) is 6.05. The molecule has 1 aliphatic heterocycles. The molecule has 1 aliphatic carbocycles. The molecule has 5 nitrogen and oxygen atoms in total. The number of amides is 1. The first kappa shape index (κ1) is 17.2. The van der Waals surface area contributed by atoms with Crippen LogP contribution >= 0.6 is 0 Å². The fraction of sp³-hybridized carbons (Fsp3) is 0.737. The van der Waals surface area contributed by atoms with Gasteiger partial charge in [-0.25, -0.2) is 9.97 Å². The number of anilines is 1. The van der Waals surface area contributed by atoms with Crippen molar-refractivity contribution in [1.82, 2.24) is 15.3 Å². The second-order valence-corrected chi connectivity index (χ2v) is 7.46. The Hall–Kier alpha value is -1.65. The summed E-state index contributed by atoms with van der Waals surface area (Å²) < 4.78 is 0. The summed E-state index contributed by atoms with van der Waals surface area (Å²) in [6.07, 6.45) is 12.9. The SMILES string of the molecule is C[C@H](CC(=O)NC1CCN(c2ncccn2)CC1)C1CCCCC1. The van der Waals surface area contributed by atoms with Crippen LogP contribution in [0.3, 0.4) is 0 Å². The van der Waals surface area contributed by atoms with Crippen LogP contribution in [0.1, 0.15) is 58.3 Å². The zero-order valence-corrected chi connectivity index (χ0v) is 14.8. The maximum Gasteiger partial charge on any atom is 0.225 e. The molecule has 0 spiro atoms. The van der Waals surface area contributed by atoms with Gasteiger partial charge in [-0.1, -0.05) is 39.0 Å². The summed E-state index contributed by atoms with van der Waals surface area (Å²) in [6, 6.07) is 2.14. The average molecular weight is 330 g/mol. The van der Waals surface area contributed by atoms with E-state index in [0.29, 0.717) is 18.4 Å². The molecule has 1 amide bonds. The van der Waals surface area contributed by atoms with Crippen LogP contribution in [0, 0.1) is 11.8 Å². The van der Waals surface area contributed by atoms with Crippen LogP contribution in [0.5, 0.6) is 0 Å². The Morgan fingerprint density at radius 1 is 1.17 bits per heavy atom. The van der Waals surface area contributed by atoms with Crippen LogP contribution in [0.15, 0.2) is 18.5 Å². The largest absolute Gasteiger partial charge is 0.353 e. The van der Waals surface area contributed by atoms with E-state index in [0.717, 1.165) is 37.8 Å². The second kappa shape index (κ2) is 8.45. The minimum Gasteiger partial charge on any atom is -0.353 e. The molecule has 2 heterocycles. The molecule has 0 unspecified atom stereocenters. The third kappa shape index (κ3) is 4.68. The molecule has 1 aromatic rings. The number of nitrogens with zero attached hydrogens (tertiary/aromatic N) is 3.